The highest BCUT2D eigenvalue weighted by Gasteiger charge is 2.32. The normalized spacial score (nSPS) is 26.7. The maximum Gasteiger partial charge on any atom is 0.223 e. The Morgan fingerprint density at radius 2 is 2.15 bits per heavy atom. The molecule has 108 valence electrons. The molecule has 2 heterocycles. The predicted molar refractivity (Wildman–Crippen MR) is 77.0 cm³/mol. The van der Waals surface area contributed by atoms with E-state index in [0.717, 1.165) is 43.5 Å². The molecule has 3 rings (SSSR count). The summed E-state index contributed by atoms with van der Waals surface area (Å²) < 4.78 is 13.6. The molecule has 2 aliphatic rings. The third-order valence-electron chi connectivity index (χ3n) is 4.34. The molecule has 0 aliphatic carbocycles. The zero-order valence-electron chi connectivity index (χ0n) is 11.9. The summed E-state index contributed by atoms with van der Waals surface area (Å²) in [4.78, 5) is 14.3. The summed E-state index contributed by atoms with van der Waals surface area (Å²) in [6.07, 6.45) is 4.62. The number of nitrogens with zero attached hydrogens (tertiary/aromatic N) is 1. The van der Waals surface area contributed by atoms with Crippen molar-refractivity contribution >= 4 is 11.6 Å². The minimum atomic E-state index is -0.229. The van der Waals surface area contributed by atoms with Crippen molar-refractivity contribution in [2.45, 2.75) is 51.1 Å². The third-order valence-corrected chi connectivity index (χ3v) is 4.34. The lowest BCUT2D eigenvalue weighted by Gasteiger charge is -2.38. The van der Waals surface area contributed by atoms with Gasteiger partial charge in [-0.3, -0.25) is 4.79 Å². The number of fused-ring (bicyclic) bond motifs is 1. The highest BCUT2D eigenvalue weighted by atomic mass is 19.1. The van der Waals surface area contributed by atoms with E-state index in [4.69, 9.17) is 0 Å². The van der Waals surface area contributed by atoms with Gasteiger partial charge in [0.05, 0.1) is 6.04 Å². The first-order valence-corrected chi connectivity index (χ1v) is 7.50. The standard InChI is InChI=1S/C16H21FN2O/c1-11-9-15(19-8-4-2-3-5-16(19)20)13-10-12(17)6-7-14(13)18-11/h6-7,10-11,15,18H,2-5,8-9H2,1H3/t11-,15+/m1/s1. The second-order valence-corrected chi connectivity index (χ2v) is 5.93. The van der Waals surface area contributed by atoms with Crippen molar-refractivity contribution in [3.05, 3.63) is 29.6 Å². The molecule has 2 aliphatic heterocycles. The van der Waals surface area contributed by atoms with Crippen molar-refractivity contribution in [1.29, 1.82) is 0 Å². The molecule has 1 saturated heterocycles. The van der Waals surface area contributed by atoms with Crippen LogP contribution in [0.5, 0.6) is 0 Å². The van der Waals surface area contributed by atoms with Crippen LogP contribution < -0.4 is 5.32 Å². The summed E-state index contributed by atoms with van der Waals surface area (Å²) in [6.45, 7) is 2.91. The van der Waals surface area contributed by atoms with E-state index in [1.54, 1.807) is 12.1 Å². The van der Waals surface area contributed by atoms with Gasteiger partial charge in [0.15, 0.2) is 0 Å². The first-order valence-electron chi connectivity index (χ1n) is 7.50. The number of amides is 1. The van der Waals surface area contributed by atoms with Crippen LogP contribution in [0.3, 0.4) is 0 Å². The average molecular weight is 276 g/mol. The molecule has 0 spiro atoms. The predicted octanol–water partition coefficient (Wildman–Crippen LogP) is 3.47. The van der Waals surface area contributed by atoms with Crippen LogP contribution in [0.2, 0.25) is 0 Å². The molecule has 1 aromatic carbocycles. The lowest BCUT2D eigenvalue weighted by atomic mass is 9.92. The third kappa shape index (κ3) is 2.51. The Labute approximate surface area is 119 Å². The molecule has 1 N–H and O–H groups in total. The van der Waals surface area contributed by atoms with Gasteiger partial charge in [0.2, 0.25) is 5.91 Å². The molecule has 4 heteroatoms. The molecular weight excluding hydrogens is 255 g/mol. The number of benzene rings is 1. The van der Waals surface area contributed by atoms with Crippen LogP contribution in [0.4, 0.5) is 10.1 Å². The van der Waals surface area contributed by atoms with E-state index in [2.05, 4.69) is 12.2 Å². The zero-order valence-corrected chi connectivity index (χ0v) is 11.9. The largest absolute Gasteiger partial charge is 0.382 e. The fourth-order valence-electron chi connectivity index (χ4n) is 3.36. The van der Waals surface area contributed by atoms with Gasteiger partial charge in [0.25, 0.3) is 0 Å². The van der Waals surface area contributed by atoms with Crippen molar-refractivity contribution in [1.82, 2.24) is 4.90 Å². The number of halogens is 1. The van der Waals surface area contributed by atoms with Crippen LogP contribution in [0.25, 0.3) is 0 Å². The summed E-state index contributed by atoms with van der Waals surface area (Å²) in [6, 6.07) is 5.16. The molecule has 0 bridgehead atoms. The highest BCUT2D eigenvalue weighted by Crippen LogP contribution is 2.38. The van der Waals surface area contributed by atoms with E-state index in [1.165, 1.54) is 6.07 Å². The van der Waals surface area contributed by atoms with Crippen LogP contribution in [0.15, 0.2) is 18.2 Å². The Bertz CT molecular complexity index is 517. The van der Waals surface area contributed by atoms with Crippen molar-refractivity contribution in [2.24, 2.45) is 0 Å². The van der Waals surface area contributed by atoms with E-state index < -0.39 is 0 Å². The molecule has 2 atom stereocenters. The van der Waals surface area contributed by atoms with E-state index in [-0.39, 0.29) is 17.8 Å². The van der Waals surface area contributed by atoms with Crippen LogP contribution in [0, 0.1) is 5.82 Å². The van der Waals surface area contributed by atoms with Gasteiger partial charge in [-0.1, -0.05) is 6.42 Å². The maximum atomic E-state index is 13.6. The van der Waals surface area contributed by atoms with Gasteiger partial charge in [-0.05, 0) is 44.4 Å². The molecule has 1 amide bonds. The number of nitrogens with one attached hydrogen (secondary N) is 1. The smallest absolute Gasteiger partial charge is 0.223 e. The Balaban J connectivity index is 1.96. The fraction of sp³-hybridized carbons (Fsp3) is 0.562. The SMILES string of the molecule is C[C@@H]1C[C@H](N2CCCCCC2=O)c2cc(F)ccc2N1. The summed E-state index contributed by atoms with van der Waals surface area (Å²) in [5.74, 6) is -0.0100. The highest BCUT2D eigenvalue weighted by molar-refractivity contribution is 5.77. The number of hydrogen-bond acceptors (Lipinski definition) is 2. The minimum absolute atomic E-state index is 0.0162. The number of carbonyl (C=O) groups excluding carboxylic acids is 1. The van der Waals surface area contributed by atoms with Crippen LogP contribution in [-0.4, -0.2) is 23.4 Å². The monoisotopic (exact) mass is 276 g/mol. The second-order valence-electron chi connectivity index (χ2n) is 5.93. The van der Waals surface area contributed by atoms with Crippen molar-refractivity contribution in [3.63, 3.8) is 0 Å². The lowest BCUT2D eigenvalue weighted by molar-refractivity contribution is -0.133. The minimum Gasteiger partial charge on any atom is -0.382 e. The molecular formula is C16H21FN2O. The summed E-state index contributed by atoms with van der Waals surface area (Å²) in [5.41, 5.74) is 1.89. The quantitative estimate of drug-likeness (QED) is 0.851. The number of likely N-dealkylation sites (tertiary alicyclic amines) is 1. The number of anilines is 1. The molecule has 0 radical (unpaired) electrons. The topological polar surface area (TPSA) is 32.3 Å². The molecule has 0 aromatic heterocycles. The lowest BCUT2D eigenvalue weighted by Crippen LogP contribution is -2.40. The van der Waals surface area contributed by atoms with E-state index in [9.17, 15) is 9.18 Å². The molecule has 0 unspecified atom stereocenters. The van der Waals surface area contributed by atoms with Gasteiger partial charge >= 0.3 is 0 Å². The second kappa shape index (κ2) is 5.43. The first-order chi connectivity index (χ1) is 9.65. The summed E-state index contributed by atoms with van der Waals surface area (Å²) in [7, 11) is 0. The maximum absolute atomic E-state index is 13.6. The van der Waals surface area contributed by atoms with E-state index in [1.807, 2.05) is 4.90 Å². The molecule has 20 heavy (non-hydrogen) atoms. The average Bonchev–Trinajstić information content (AvgIpc) is 2.63. The van der Waals surface area contributed by atoms with Crippen molar-refractivity contribution in [2.75, 3.05) is 11.9 Å². The van der Waals surface area contributed by atoms with Crippen molar-refractivity contribution < 1.29 is 9.18 Å². The fourth-order valence-corrected chi connectivity index (χ4v) is 3.36. The van der Waals surface area contributed by atoms with Gasteiger partial charge in [-0.2, -0.15) is 0 Å². The zero-order chi connectivity index (χ0) is 14.1. The Kier molecular flexibility index (Phi) is 3.64. The Hall–Kier alpha value is -1.58. The van der Waals surface area contributed by atoms with Gasteiger partial charge < -0.3 is 10.2 Å². The van der Waals surface area contributed by atoms with Gasteiger partial charge in [0, 0.05) is 30.3 Å². The van der Waals surface area contributed by atoms with Crippen LogP contribution in [0.1, 0.15) is 50.6 Å². The van der Waals surface area contributed by atoms with Crippen LogP contribution in [-0.2, 0) is 4.79 Å². The van der Waals surface area contributed by atoms with Gasteiger partial charge in [-0.15, -0.1) is 0 Å². The number of carbonyl (C=O) groups is 1. The number of hydrogen-bond donors (Lipinski definition) is 1. The van der Waals surface area contributed by atoms with Gasteiger partial charge in [-0.25, -0.2) is 4.39 Å². The molecule has 3 nitrogen and oxygen atoms in total. The van der Waals surface area contributed by atoms with E-state index >= 15 is 0 Å². The Morgan fingerprint density at radius 3 is 3.00 bits per heavy atom. The summed E-state index contributed by atoms with van der Waals surface area (Å²) >= 11 is 0. The molecule has 0 saturated carbocycles. The Morgan fingerprint density at radius 1 is 1.30 bits per heavy atom. The number of rotatable bonds is 1. The van der Waals surface area contributed by atoms with Crippen LogP contribution >= 0.6 is 0 Å². The van der Waals surface area contributed by atoms with Crippen molar-refractivity contribution in [3.8, 4) is 0 Å². The molecule has 1 aromatic rings. The first kappa shape index (κ1) is 13.4. The van der Waals surface area contributed by atoms with E-state index in [0.29, 0.717) is 12.5 Å². The molecule has 1 fully saturated rings. The summed E-state index contributed by atoms with van der Waals surface area (Å²) in [5, 5.41) is 3.38. The van der Waals surface area contributed by atoms with Gasteiger partial charge in [0.1, 0.15) is 5.82 Å².